The van der Waals surface area contributed by atoms with Crippen LogP contribution in [0.1, 0.15) is 74.7 Å². The molecule has 33 heavy (non-hydrogen) atoms. The summed E-state index contributed by atoms with van der Waals surface area (Å²) in [5, 5.41) is 14.1. The van der Waals surface area contributed by atoms with Crippen LogP contribution < -0.4 is 5.32 Å². The molecule has 0 amide bonds. The van der Waals surface area contributed by atoms with Gasteiger partial charge in [-0.3, -0.25) is 15.3 Å². The topological polar surface area (TPSA) is 86.7 Å². The average molecular weight is 448 g/mol. The second-order valence-corrected chi connectivity index (χ2v) is 9.17. The molecule has 1 aliphatic carbocycles. The Morgan fingerprint density at radius 1 is 1.12 bits per heavy atom. The third-order valence-corrected chi connectivity index (χ3v) is 7.17. The Morgan fingerprint density at radius 3 is 2.73 bits per heavy atom. The summed E-state index contributed by atoms with van der Waals surface area (Å²) in [7, 11) is 0. The van der Waals surface area contributed by atoms with Gasteiger partial charge in [-0.05, 0) is 80.0 Å². The van der Waals surface area contributed by atoms with Gasteiger partial charge >= 0.3 is 0 Å². The predicted octanol–water partition coefficient (Wildman–Crippen LogP) is 5.32. The molecule has 1 fully saturated rings. The number of H-pyrrole nitrogens is 1. The number of aromatic amines is 1. The number of imidazole rings is 1. The molecule has 3 aromatic heterocycles. The number of rotatable bonds is 6. The summed E-state index contributed by atoms with van der Waals surface area (Å²) in [6, 6.07) is 8.79. The Labute approximate surface area is 192 Å². The average Bonchev–Trinajstić information content (AvgIpc) is 3.27. The fraction of sp³-hybridized carbons (Fsp3) is 0.423. The van der Waals surface area contributed by atoms with Crippen molar-refractivity contribution in [3.8, 4) is 0 Å². The summed E-state index contributed by atoms with van der Waals surface area (Å²) in [6.45, 7) is 4.85. The van der Waals surface area contributed by atoms with Gasteiger partial charge in [0.15, 0.2) is 0 Å². The molecule has 3 heterocycles. The molecule has 172 valence electrons. The van der Waals surface area contributed by atoms with E-state index in [4.69, 9.17) is 4.98 Å². The number of aliphatic hydroxyl groups is 1. The zero-order valence-electron chi connectivity index (χ0n) is 19.1. The van der Waals surface area contributed by atoms with Crippen molar-refractivity contribution >= 4 is 21.9 Å². The number of pyridine rings is 2. The maximum absolute atomic E-state index is 13.9. The predicted molar refractivity (Wildman–Crippen MR) is 127 cm³/mol. The Balaban J connectivity index is 1.30. The highest BCUT2D eigenvalue weighted by Crippen LogP contribution is 2.43. The lowest BCUT2D eigenvalue weighted by molar-refractivity contribution is 0.137. The van der Waals surface area contributed by atoms with E-state index >= 15 is 0 Å². The van der Waals surface area contributed by atoms with Crippen LogP contribution in [-0.4, -0.2) is 31.6 Å². The fourth-order valence-corrected chi connectivity index (χ4v) is 5.26. The zero-order valence-corrected chi connectivity index (χ0v) is 19.1. The molecule has 5 rings (SSSR count). The SMILES string of the molecule is CCNC(O)c1cc2[nH]c([C@H](C)[C@H]3CC[C@@H](c4ccnc5ccc(F)cc54)CC3)nc2cn1. The van der Waals surface area contributed by atoms with E-state index < -0.39 is 6.23 Å². The number of hydrogen-bond donors (Lipinski definition) is 3. The van der Waals surface area contributed by atoms with E-state index in [0.717, 1.165) is 53.4 Å². The Morgan fingerprint density at radius 2 is 1.94 bits per heavy atom. The van der Waals surface area contributed by atoms with Crippen molar-refractivity contribution in [3.05, 3.63) is 65.6 Å². The number of halogens is 1. The highest BCUT2D eigenvalue weighted by Gasteiger charge is 2.29. The van der Waals surface area contributed by atoms with Gasteiger partial charge in [-0.25, -0.2) is 9.37 Å². The van der Waals surface area contributed by atoms with Crippen LogP contribution in [0.5, 0.6) is 0 Å². The normalized spacial score (nSPS) is 20.8. The van der Waals surface area contributed by atoms with Crippen molar-refractivity contribution in [1.82, 2.24) is 25.3 Å². The highest BCUT2D eigenvalue weighted by molar-refractivity contribution is 5.82. The van der Waals surface area contributed by atoms with Gasteiger partial charge in [0.1, 0.15) is 23.4 Å². The summed E-state index contributed by atoms with van der Waals surface area (Å²) in [5.41, 5.74) is 4.39. The molecular weight excluding hydrogens is 417 g/mol. The molecule has 1 unspecified atom stereocenters. The molecule has 1 aromatic carbocycles. The van der Waals surface area contributed by atoms with Gasteiger partial charge in [-0.15, -0.1) is 0 Å². The summed E-state index contributed by atoms with van der Waals surface area (Å²) < 4.78 is 13.9. The quantitative estimate of drug-likeness (QED) is 0.348. The zero-order chi connectivity index (χ0) is 22.9. The first-order valence-corrected chi connectivity index (χ1v) is 11.8. The van der Waals surface area contributed by atoms with Gasteiger partial charge in [0.25, 0.3) is 0 Å². The van der Waals surface area contributed by atoms with Crippen LogP contribution >= 0.6 is 0 Å². The molecule has 0 bridgehead atoms. The van der Waals surface area contributed by atoms with Crippen molar-refractivity contribution in [2.45, 2.75) is 57.6 Å². The third-order valence-electron chi connectivity index (χ3n) is 7.17. The van der Waals surface area contributed by atoms with Crippen LogP contribution in [0.3, 0.4) is 0 Å². The van der Waals surface area contributed by atoms with Gasteiger partial charge in [-0.1, -0.05) is 13.8 Å². The van der Waals surface area contributed by atoms with E-state index in [2.05, 4.69) is 33.3 Å². The van der Waals surface area contributed by atoms with Gasteiger partial charge in [0, 0.05) is 17.5 Å². The Kier molecular flexibility index (Phi) is 6.08. The number of nitrogens with zero attached hydrogens (tertiary/aromatic N) is 3. The van der Waals surface area contributed by atoms with Crippen LogP contribution in [0.2, 0.25) is 0 Å². The lowest BCUT2D eigenvalue weighted by atomic mass is 9.73. The van der Waals surface area contributed by atoms with Crippen LogP contribution in [0.15, 0.2) is 42.7 Å². The van der Waals surface area contributed by atoms with Crippen LogP contribution in [0, 0.1) is 11.7 Å². The molecule has 1 saturated carbocycles. The summed E-state index contributed by atoms with van der Waals surface area (Å²) in [5.74, 6) is 2.02. The Hall–Kier alpha value is -2.90. The Bertz CT molecular complexity index is 1260. The van der Waals surface area contributed by atoms with E-state index in [0.29, 0.717) is 30.0 Å². The van der Waals surface area contributed by atoms with Crippen LogP contribution in [0.4, 0.5) is 4.39 Å². The summed E-state index contributed by atoms with van der Waals surface area (Å²) in [4.78, 5) is 17.0. The van der Waals surface area contributed by atoms with Crippen LogP contribution in [-0.2, 0) is 0 Å². The van der Waals surface area contributed by atoms with E-state index in [-0.39, 0.29) is 5.82 Å². The molecular formula is C26H30FN5O. The van der Waals surface area contributed by atoms with Crippen molar-refractivity contribution in [3.63, 3.8) is 0 Å². The number of hydrogen-bond acceptors (Lipinski definition) is 5. The lowest BCUT2D eigenvalue weighted by Gasteiger charge is -2.32. The molecule has 3 N–H and O–H groups in total. The smallest absolute Gasteiger partial charge is 0.148 e. The maximum atomic E-state index is 13.9. The van der Waals surface area contributed by atoms with Gasteiger partial charge in [-0.2, -0.15) is 0 Å². The van der Waals surface area contributed by atoms with Gasteiger partial charge in [0.05, 0.1) is 22.9 Å². The summed E-state index contributed by atoms with van der Waals surface area (Å²) in [6.07, 6.45) is 7.14. The number of nitrogens with one attached hydrogen (secondary N) is 2. The van der Waals surface area contributed by atoms with E-state index in [1.165, 1.54) is 11.6 Å². The van der Waals surface area contributed by atoms with Crippen molar-refractivity contribution < 1.29 is 9.50 Å². The van der Waals surface area contributed by atoms with Crippen molar-refractivity contribution in [2.24, 2.45) is 5.92 Å². The van der Waals surface area contributed by atoms with Crippen molar-refractivity contribution in [1.29, 1.82) is 0 Å². The highest BCUT2D eigenvalue weighted by atomic mass is 19.1. The maximum Gasteiger partial charge on any atom is 0.148 e. The fourth-order valence-electron chi connectivity index (χ4n) is 5.26. The first-order valence-electron chi connectivity index (χ1n) is 11.8. The molecule has 7 heteroatoms. The minimum absolute atomic E-state index is 0.209. The van der Waals surface area contributed by atoms with Gasteiger partial charge < -0.3 is 10.1 Å². The molecule has 0 radical (unpaired) electrons. The molecule has 2 atom stereocenters. The van der Waals surface area contributed by atoms with Gasteiger partial charge in [0.2, 0.25) is 0 Å². The minimum atomic E-state index is -0.781. The van der Waals surface area contributed by atoms with Crippen LogP contribution in [0.25, 0.3) is 21.9 Å². The monoisotopic (exact) mass is 447 g/mol. The first-order chi connectivity index (χ1) is 16.0. The van der Waals surface area contributed by atoms with E-state index in [1.54, 1.807) is 18.3 Å². The lowest BCUT2D eigenvalue weighted by Crippen LogP contribution is -2.21. The molecule has 1 aliphatic rings. The minimum Gasteiger partial charge on any atom is -0.373 e. The number of fused-ring (bicyclic) bond motifs is 2. The molecule has 0 spiro atoms. The second kappa shape index (κ2) is 9.15. The second-order valence-electron chi connectivity index (χ2n) is 9.17. The number of benzene rings is 1. The van der Waals surface area contributed by atoms with Crippen molar-refractivity contribution in [2.75, 3.05) is 6.54 Å². The largest absolute Gasteiger partial charge is 0.373 e. The van der Waals surface area contributed by atoms with E-state index in [1.807, 2.05) is 19.2 Å². The first kappa shape index (κ1) is 21.9. The molecule has 4 aromatic rings. The number of aromatic nitrogens is 4. The molecule has 0 aliphatic heterocycles. The standard InChI is InChI=1S/C26H30FN5O/c1-3-28-26(33)23-13-22-24(14-30-23)32-25(31-22)15(2)16-4-6-17(7-5-16)19-10-11-29-21-9-8-18(27)12-20(19)21/h8-17,26,28,33H,3-7H2,1-2H3,(H,31,32)/t15-,16-,17+,26?/m1/s1. The molecule has 6 nitrogen and oxygen atoms in total. The third kappa shape index (κ3) is 4.35. The number of aliphatic hydroxyl groups excluding tert-OH is 1. The summed E-state index contributed by atoms with van der Waals surface area (Å²) >= 11 is 0. The molecule has 0 saturated heterocycles. The van der Waals surface area contributed by atoms with E-state index in [9.17, 15) is 9.50 Å².